The van der Waals surface area contributed by atoms with Crippen LogP contribution < -0.4 is 5.73 Å². The molecular formula is C7H10N4O6. The SMILES string of the molecule is N=C=O.N=C=O.N=C=O.NC(=O)OCC1CO1. The molecule has 10 nitrogen and oxygen atoms in total. The largest absolute Gasteiger partial charge is 0.447 e. The Kier molecular flexibility index (Phi) is 22.2. The molecule has 0 aromatic rings. The summed E-state index contributed by atoms with van der Waals surface area (Å²) in [5, 5.41) is 16.2. The lowest BCUT2D eigenvalue weighted by molar-refractivity contribution is 0.146. The molecule has 0 aromatic heterocycles. The summed E-state index contributed by atoms with van der Waals surface area (Å²) >= 11 is 0. The van der Waals surface area contributed by atoms with Gasteiger partial charge in [0.05, 0.1) is 6.61 Å². The fourth-order valence-corrected chi connectivity index (χ4v) is 0.339. The van der Waals surface area contributed by atoms with Crippen LogP contribution in [0, 0.1) is 16.2 Å². The maximum Gasteiger partial charge on any atom is 0.404 e. The van der Waals surface area contributed by atoms with Gasteiger partial charge in [0.2, 0.25) is 18.2 Å². The Morgan fingerprint density at radius 1 is 1.24 bits per heavy atom. The molecular weight excluding hydrogens is 236 g/mol. The fourth-order valence-electron chi connectivity index (χ4n) is 0.339. The van der Waals surface area contributed by atoms with Gasteiger partial charge in [-0.1, -0.05) is 0 Å². The quantitative estimate of drug-likeness (QED) is 0.279. The van der Waals surface area contributed by atoms with Gasteiger partial charge in [0, 0.05) is 0 Å². The lowest BCUT2D eigenvalue weighted by Gasteiger charge is -1.93. The molecule has 1 saturated heterocycles. The molecule has 0 radical (unpaired) electrons. The first kappa shape index (κ1) is 19.9. The second kappa shape index (κ2) is 19.0. The Balaban J connectivity index is -0.000000184. The second-order valence-corrected chi connectivity index (χ2v) is 1.89. The number of hydrogen-bond acceptors (Lipinski definition) is 9. The van der Waals surface area contributed by atoms with Crippen molar-refractivity contribution in [2.45, 2.75) is 6.10 Å². The van der Waals surface area contributed by atoms with Crippen LogP contribution in [-0.4, -0.2) is 43.7 Å². The van der Waals surface area contributed by atoms with Gasteiger partial charge in [0.1, 0.15) is 12.7 Å². The molecule has 0 bridgehead atoms. The van der Waals surface area contributed by atoms with Gasteiger partial charge in [-0.3, -0.25) is 0 Å². The number of primary amides is 1. The van der Waals surface area contributed by atoms with Crippen molar-refractivity contribution in [3.05, 3.63) is 0 Å². The first-order valence-corrected chi connectivity index (χ1v) is 3.69. The first-order valence-electron chi connectivity index (χ1n) is 3.69. The van der Waals surface area contributed by atoms with Crippen molar-refractivity contribution in [1.82, 2.24) is 0 Å². The standard InChI is InChI=1S/C4H7NO3.3CHNO/c5-4(6)8-2-3-1-7-3;3*2-1-3/h3H,1-2H2,(H2,5,6);3*2H. The summed E-state index contributed by atoms with van der Waals surface area (Å²) in [6.45, 7) is 0.989. The van der Waals surface area contributed by atoms with E-state index in [9.17, 15) is 4.79 Å². The summed E-state index contributed by atoms with van der Waals surface area (Å²) in [6.07, 6.45) is 1.63. The lowest BCUT2D eigenvalue weighted by Crippen LogP contribution is -2.15. The summed E-state index contributed by atoms with van der Waals surface area (Å²) < 4.78 is 9.11. The van der Waals surface area contributed by atoms with Crippen molar-refractivity contribution in [3.63, 3.8) is 0 Å². The van der Waals surface area contributed by atoms with Gasteiger partial charge in [-0.2, -0.15) is 0 Å². The predicted octanol–water partition coefficient (Wildman–Crippen LogP) is -0.817. The van der Waals surface area contributed by atoms with Crippen molar-refractivity contribution in [2.24, 2.45) is 5.73 Å². The van der Waals surface area contributed by atoms with Crippen LogP contribution in [0.1, 0.15) is 0 Å². The number of epoxide rings is 1. The number of rotatable bonds is 2. The topological polar surface area (TPSA) is 188 Å². The van der Waals surface area contributed by atoms with Crippen LogP contribution in [0.25, 0.3) is 0 Å². The average molecular weight is 246 g/mol. The Bertz CT molecular complexity index is 267. The van der Waals surface area contributed by atoms with E-state index in [0.717, 1.165) is 18.2 Å². The van der Waals surface area contributed by atoms with Crippen LogP contribution in [0.2, 0.25) is 0 Å². The van der Waals surface area contributed by atoms with Gasteiger partial charge < -0.3 is 15.2 Å². The highest BCUT2D eigenvalue weighted by Crippen LogP contribution is 2.07. The van der Waals surface area contributed by atoms with E-state index >= 15 is 0 Å². The number of carbonyl (C=O) groups is 1. The monoisotopic (exact) mass is 246 g/mol. The third kappa shape index (κ3) is 59.9. The minimum atomic E-state index is -0.736. The molecule has 94 valence electrons. The zero-order valence-electron chi connectivity index (χ0n) is 8.52. The molecule has 1 aliphatic rings. The van der Waals surface area contributed by atoms with E-state index < -0.39 is 6.09 Å². The zero-order valence-corrected chi connectivity index (χ0v) is 8.52. The Morgan fingerprint density at radius 2 is 1.53 bits per heavy atom. The summed E-state index contributed by atoms with van der Waals surface area (Å²) in [5.74, 6) is 0. The first-order chi connectivity index (χ1) is 8.03. The third-order valence-electron chi connectivity index (χ3n) is 0.814. The van der Waals surface area contributed by atoms with Crippen LogP contribution >= 0.6 is 0 Å². The maximum absolute atomic E-state index is 9.88. The molecule has 1 fully saturated rings. The molecule has 10 heteroatoms. The highest BCUT2D eigenvalue weighted by Gasteiger charge is 2.23. The number of amides is 1. The molecule has 0 aromatic carbocycles. The zero-order chi connectivity index (χ0) is 14.1. The average Bonchev–Trinajstić information content (AvgIpc) is 3.01. The second-order valence-electron chi connectivity index (χ2n) is 1.89. The fraction of sp³-hybridized carbons (Fsp3) is 0.429. The molecule has 1 aliphatic heterocycles. The van der Waals surface area contributed by atoms with E-state index in [0.29, 0.717) is 13.2 Å². The van der Waals surface area contributed by atoms with Gasteiger partial charge in [0.15, 0.2) is 0 Å². The molecule has 1 rings (SSSR count). The third-order valence-corrected chi connectivity index (χ3v) is 0.814. The highest BCUT2D eigenvalue weighted by molar-refractivity contribution is 5.64. The predicted molar refractivity (Wildman–Crippen MR) is 50.5 cm³/mol. The van der Waals surface area contributed by atoms with Gasteiger partial charge >= 0.3 is 6.09 Å². The van der Waals surface area contributed by atoms with Crippen molar-refractivity contribution >= 4 is 24.3 Å². The van der Waals surface area contributed by atoms with Crippen LogP contribution in [0.15, 0.2) is 0 Å². The molecule has 5 N–H and O–H groups in total. The van der Waals surface area contributed by atoms with Crippen molar-refractivity contribution < 1.29 is 28.7 Å². The maximum atomic E-state index is 9.88. The summed E-state index contributed by atoms with van der Waals surface area (Å²) in [7, 11) is 0. The van der Waals surface area contributed by atoms with Crippen LogP contribution in [-0.2, 0) is 23.9 Å². The van der Waals surface area contributed by atoms with Crippen LogP contribution in [0.5, 0.6) is 0 Å². The number of nitrogens with two attached hydrogens (primary N) is 1. The molecule has 1 heterocycles. The molecule has 0 saturated carbocycles. The lowest BCUT2D eigenvalue weighted by atomic mass is 10.5. The number of isocyanates is 3. The van der Waals surface area contributed by atoms with Gasteiger partial charge in [-0.05, 0) is 0 Å². The van der Waals surface area contributed by atoms with Crippen LogP contribution in [0.4, 0.5) is 4.79 Å². The molecule has 0 aliphatic carbocycles. The number of hydrogen-bond donors (Lipinski definition) is 4. The number of ether oxygens (including phenoxy) is 2. The molecule has 1 unspecified atom stereocenters. The van der Waals surface area contributed by atoms with E-state index in [2.05, 4.69) is 10.5 Å². The van der Waals surface area contributed by atoms with E-state index in [4.69, 9.17) is 35.3 Å². The summed E-state index contributed by atoms with van der Waals surface area (Å²) in [4.78, 5) is 34.9. The normalized spacial score (nSPS) is 13.1. The smallest absolute Gasteiger partial charge is 0.404 e. The van der Waals surface area contributed by atoms with Crippen LogP contribution in [0.3, 0.4) is 0 Å². The van der Waals surface area contributed by atoms with Gasteiger partial charge in [-0.25, -0.2) is 35.4 Å². The molecule has 0 spiro atoms. The van der Waals surface area contributed by atoms with E-state index in [1.54, 1.807) is 0 Å². The van der Waals surface area contributed by atoms with E-state index in [-0.39, 0.29) is 6.10 Å². The Morgan fingerprint density at radius 3 is 1.71 bits per heavy atom. The van der Waals surface area contributed by atoms with E-state index in [1.807, 2.05) is 0 Å². The Hall–Kier alpha value is -2.63. The number of nitrogens with one attached hydrogen (secondary N) is 3. The van der Waals surface area contributed by atoms with Gasteiger partial charge in [-0.15, -0.1) is 0 Å². The Labute approximate surface area is 95.2 Å². The van der Waals surface area contributed by atoms with Crippen molar-refractivity contribution in [3.8, 4) is 0 Å². The van der Waals surface area contributed by atoms with Crippen molar-refractivity contribution in [2.75, 3.05) is 13.2 Å². The minimum Gasteiger partial charge on any atom is -0.447 e. The highest BCUT2D eigenvalue weighted by atomic mass is 16.6. The molecule has 1 amide bonds. The molecule has 1 atom stereocenters. The summed E-state index contributed by atoms with van der Waals surface area (Å²) in [5.41, 5.74) is 4.65. The summed E-state index contributed by atoms with van der Waals surface area (Å²) in [6, 6.07) is 0. The van der Waals surface area contributed by atoms with E-state index in [1.165, 1.54) is 0 Å². The van der Waals surface area contributed by atoms with Gasteiger partial charge in [0.25, 0.3) is 0 Å². The minimum absolute atomic E-state index is 0.113. The molecule has 17 heavy (non-hydrogen) atoms. The van der Waals surface area contributed by atoms with Crippen molar-refractivity contribution in [1.29, 1.82) is 16.2 Å². The number of carbonyl (C=O) groups excluding carboxylic acids is 4.